The number of amides is 1. The minimum absolute atomic E-state index is 0.151. The molecule has 2 rings (SSSR count). The number of nitrogens with one attached hydrogen (secondary N) is 2. The number of carbonyl (C=O) groups is 1. The lowest BCUT2D eigenvalue weighted by Gasteiger charge is -2.07. The van der Waals surface area contributed by atoms with Crippen LogP contribution >= 0.6 is 11.3 Å². The number of carbonyl (C=O) groups excluding carboxylic acids is 1. The van der Waals surface area contributed by atoms with Crippen molar-refractivity contribution in [1.29, 1.82) is 0 Å². The van der Waals surface area contributed by atoms with Crippen molar-refractivity contribution in [3.05, 3.63) is 40.4 Å². The molecule has 8 heteroatoms. The van der Waals surface area contributed by atoms with Crippen LogP contribution in [0.15, 0.2) is 18.3 Å². The number of aryl methyl sites for hydroxylation is 1. The van der Waals surface area contributed by atoms with Crippen LogP contribution < -0.4 is 16.6 Å². The van der Waals surface area contributed by atoms with Gasteiger partial charge in [-0.25, -0.2) is 13.8 Å². The lowest BCUT2D eigenvalue weighted by molar-refractivity contribution is 0.102. The lowest BCUT2D eigenvalue weighted by Crippen LogP contribution is -2.15. The molecule has 2 aromatic rings. The molecule has 0 bridgehead atoms. The highest BCUT2D eigenvalue weighted by Gasteiger charge is 2.15. The largest absolute Gasteiger partial charge is 0.319 e. The average molecular weight is 284 g/mol. The molecular weight excluding hydrogens is 274 g/mol. The molecule has 1 amide bonds. The summed E-state index contributed by atoms with van der Waals surface area (Å²) >= 11 is 1.26. The van der Waals surface area contributed by atoms with Gasteiger partial charge in [0.15, 0.2) is 16.8 Å². The van der Waals surface area contributed by atoms with Crippen molar-refractivity contribution < 1.29 is 13.6 Å². The predicted octanol–water partition coefficient (Wildman–Crippen LogP) is 2.27. The zero-order chi connectivity index (χ0) is 14.0. The Kier molecular flexibility index (Phi) is 3.72. The van der Waals surface area contributed by atoms with Crippen LogP contribution in [0.1, 0.15) is 15.2 Å². The van der Waals surface area contributed by atoms with Crippen LogP contribution in [0.3, 0.4) is 0 Å². The number of thiazole rings is 1. The van der Waals surface area contributed by atoms with E-state index in [2.05, 4.69) is 10.3 Å². The Morgan fingerprint density at radius 3 is 2.47 bits per heavy atom. The second-order valence-corrected chi connectivity index (χ2v) is 4.92. The molecule has 0 fully saturated rings. The molecule has 4 N–H and O–H groups in total. The fourth-order valence-corrected chi connectivity index (χ4v) is 2.08. The quantitative estimate of drug-likeness (QED) is 0.596. The highest BCUT2D eigenvalue weighted by atomic mass is 32.1. The van der Waals surface area contributed by atoms with E-state index in [0.29, 0.717) is 5.13 Å². The van der Waals surface area contributed by atoms with Gasteiger partial charge in [0.2, 0.25) is 0 Å². The summed E-state index contributed by atoms with van der Waals surface area (Å²) in [5.41, 5.74) is 1.26. The summed E-state index contributed by atoms with van der Waals surface area (Å²) in [4.78, 5) is 16.6. The molecule has 0 aliphatic carbocycles. The van der Waals surface area contributed by atoms with Gasteiger partial charge in [-0.2, -0.15) is 0 Å². The summed E-state index contributed by atoms with van der Waals surface area (Å²) < 4.78 is 26.9. The Morgan fingerprint density at radius 2 is 2.00 bits per heavy atom. The standard InChI is InChI=1S/C11H10F2N4OS/c1-5-4-15-11(19-5)16-10(18)6-2-7(12)9(17-14)8(13)3-6/h2-4,17H,14H2,1H3,(H,15,16,18). The minimum atomic E-state index is -0.942. The Bertz CT molecular complexity index is 606. The van der Waals surface area contributed by atoms with E-state index >= 15 is 0 Å². The molecule has 1 aromatic heterocycles. The number of nitrogens with zero attached hydrogens (tertiary/aromatic N) is 1. The first-order valence-electron chi connectivity index (χ1n) is 5.20. The number of rotatable bonds is 3. The molecule has 100 valence electrons. The first kappa shape index (κ1) is 13.4. The number of halogens is 2. The zero-order valence-electron chi connectivity index (χ0n) is 9.83. The van der Waals surface area contributed by atoms with Gasteiger partial charge >= 0.3 is 0 Å². The lowest BCUT2D eigenvalue weighted by atomic mass is 10.1. The van der Waals surface area contributed by atoms with Crippen molar-refractivity contribution in [1.82, 2.24) is 4.98 Å². The highest BCUT2D eigenvalue weighted by molar-refractivity contribution is 7.15. The molecule has 5 nitrogen and oxygen atoms in total. The summed E-state index contributed by atoms with van der Waals surface area (Å²) in [6, 6.07) is 1.79. The second kappa shape index (κ2) is 5.29. The highest BCUT2D eigenvalue weighted by Crippen LogP contribution is 2.21. The normalized spacial score (nSPS) is 10.3. The van der Waals surface area contributed by atoms with Crippen molar-refractivity contribution in [2.24, 2.45) is 5.84 Å². The number of nitrogens with two attached hydrogens (primary N) is 1. The number of hydrazine groups is 1. The summed E-state index contributed by atoms with van der Waals surface area (Å²) in [7, 11) is 0. The summed E-state index contributed by atoms with van der Waals surface area (Å²) in [5.74, 6) is 2.44. The van der Waals surface area contributed by atoms with E-state index in [4.69, 9.17) is 5.84 Å². The molecule has 19 heavy (non-hydrogen) atoms. The van der Waals surface area contributed by atoms with E-state index in [1.807, 2.05) is 12.3 Å². The number of nitrogen functional groups attached to an aromatic ring is 1. The first-order valence-corrected chi connectivity index (χ1v) is 6.02. The van der Waals surface area contributed by atoms with Gasteiger partial charge in [-0.3, -0.25) is 16.0 Å². The smallest absolute Gasteiger partial charge is 0.257 e. The van der Waals surface area contributed by atoms with Gasteiger partial charge in [-0.05, 0) is 19.1 Å². The van der Waals surface area contributed by atoms with E-state index in [-0.39, 0.29) is 5.56 Å². The van der Waals surface area contributed by atoms with Gasteiger partial charge in [-0.15, -0.1) is 11.3 Å². The van der Waals surface area contributed by atoms with E-state index in [1.54, 1.807) is 6.20 Å². The molecule has 0 radical (unpaired) electrons. The third-order valence-electron chi connectivity index (χ3n) is 2.29. The molecule has 1 aromatic carbocycles. The van der Waals surface area contributed by atoms with Crippen molar-refractivity contribution in [3.8, 4) is 0 Å². The number of hydrogen-bond acceptors (Lipinski definition) is 5. The predicted molar refractivity (Wildman–Crippen MR) is 69.0 cm³/mol. The summed E-state index contributed by atoms with van der Waals surface area (Å²) in [6.07, 6.45) is 1.59. The van der Waals surface area contributed by atoms with Gasteiger partial charge in [0.25, 0.3) is 5.91 Å². The molecule has 0 aliphatic rings. The topological polar surface area (TPSA) is 80.0 Å². The maximum absolute atomic E-state index is 13.4. The van der Waals surface area contributed by atoms with E-state index in [1.165, 1.54) is 11.3 Å². The van der Waals surface area contributed by atoms with Crippen LogP contribution in [0, 0.1) is 18.6 Å². The van der Waals surface area contributed by atoms with Crippen molar-refractivity contribution in [2.45, 2.75) is 6.92 Å². The molecule has 0 unspecified atom stereocenters. The third kappa shape index (κ3) is 2.85. The first-order chi connectivity index (χ1) is 9.01. The minimum Gasteiger partial charge on any atom is -0.319 e. The molecule has 0 atom stereocenters. The number of benzene rings is 1. The SMILES string of the molecule is Cc1cnc(NC(=O)c2cc(F)c(NN)c(F)c2)s1. The Balaban J connectivity index is 2.24. The van der Waals surface area contributed by atoms with E-state index in [9.17, 15) is 13.6 Å². The molecule has 1 heterocycles. The second-order valence-electron chi connectivity index (χ2n) is 3.69. The Hall–Kier alpha value is -2.06. The summed E-state index contributed by atoms with van der Waals surface area (Å²) in [5, 5.41) is 2.82. The van der Waals surface area contributed by atoms with Gasteiger partial charge in [-0.1, -0.05) is 0 Å². The average Bonchev–Trinajstić information content (AvgIpc) is 2.74. The fourth-order valence-electron chi connectivity index (χ4n) is 1.42. The van der Waals surface area contributed by atoms with E-state index in [0.717, 1.165) is 17.0 Å². The number of aromatic nitrogens is 1. The van der Waals surface area contributed by atoms with Crippen LogP contribution in [-0.2, 0) is 0 Å². The molecular formula is C11H10F2N4OS. The Morgan fingerprint density at radius 1 is 1.37 bits per heavy atom. The van der Waals surface area contributed by atoms with Crippen LogP contribution in [0.2, 0.25) is 0 Å². The van der Waals surface area contributed by atoms with Crippen molar-refractivity contribution in [3.63, 3.8) is 0 Å². The Labute approximate surface area is 111 Å². The third-order valence-corrected chi connectivity index (χ3v) is 3.12. The van der Waals surface area contributed by atoms with Gasteiger partial charge in [0.05, 0.1) is 0 Å². The molecule has 0 saturated heterocycles. The van der Waals surface area contributed by atoms with Crippen molar-refractivity contribution in [2.75, 3.05) is 10.7 Å². The van der Waals surface area contributed by atoms with Crippen LogP contribution in [0.4, 0.5) is 19.6 Å². The number of anilines is 2. The maximum Gasteiger partial charge on any atom is 0.257 e. The van der Waals surface area contributed by atoms with Crippen LogP contribution in [0.5, 0.6) is 0 Å². The monoisotopic (exact) mass is 284 g/mol. The maximum atomic E-state index is 13.4. The summed E-state index contributed by atoms with van der Waals surface area (Å²) in [6.45, 7) is 1.83. The molecule has 0 aliphatic heterocycles. The number of hydrogen-bond donors (Lipinski definition) is 3. The fraction of sp³-hybridized carbons (Fsp3) is 0.0909. The molecule has 0 spiro atoms. The zero-order valence-corrected chi connectivity index (χ0v) is 10.6. The molecule has 0 saturated carbocycles. The van der Waals surface area contributed by atoms with Gasteiger partial charge < -0.3 is 5.43 Å². The van der Waals surface area contributed by atoms with Crippen LogP contribution in [-0.4, -0.2) is 10.9 Å². The van der Waals surface area contributed by atoms with Gasteiger partial charge in [0, 0.05) is 16.6 Å². The van der Waals surface area contributed by atoms with E-state index < -0.39 is 23.2 Å². The van der Waals surface area contributed by atoms with Crippen molar-refractivity contribution >= 4 is 28.1 Å². The van der Waals surface area contributed by atoms with Gasteiger partial charge in [0.1, 0.15) is 5.69 Å². The van der Waals surface area contributed by atoms with Crippen LogP contribution in [0.25, 0.3) is 0 Å².